The van der Waals surface area contributed by atoms with Gasteiger partial charge in [0.15, 0.2) is 0 Å². The highest BCUT2D eigenvalue weighted by molar-refractivity contribution is 6.01. The van der Waals surface area contributed by atoms with E-state index in [0.717, 1.165) is 11.3 Å². The number of furan rings is 1. The second-order valence-electron chi connectivity index (χ2n) is 4.92. The zero-order valence-electron chi connectivity index (χ0n) is 13.3. The van der Waals surface area contributed by atoms with Crippen molar-refractivity contribution in [3.63, 3.8) is 0 Å². The number of hydrogen-bond donors (Lipinski definition) is 1. The van der Waals surface area contributed by atoms with E-state index in [1.165, 1.54) is 0 Å². The number of aryl methyl sites for hydroxylation is 2. The van der Waals surface area contributed by atoms with Crippen molar-refractivity contribution in [2.24, 2.45) is 5.10 Å². The van der Waals surface area contributed by atoms with Gasteiger partial charge in [-0.15, -0.1) is 0 Å². The molecule has 1 amide bonds. The highest BCUT2D eigenvalue weighted by Gasteiger charge is 2.12. The van der Waals surface area contributed by atoms with E-state index in [1.807, 2.05) is 38.1 Å². The SMILES string of the molecule is CCOc1ccc(C(C)=NNC(=O)c2cc(C)oc2C)cc1. The number of benzene rings is 1. The summed E-state index contributed by atoms with van der Waals surface area (Å²) in [5, 5.41) is 4.13. The summed E-state index contributed by atoms with van der Waals surface area (Å²) in [6.07, 6.45) is 0. The molecule has 1 N–H and O–H groups in total. The monoisotopic (exact) mass is 300 g/mol. The molecule has 0 fully saturated rings. The number of hydrogen-bond acceptors (Lipinski definition) is 4. The molecule has 1 aromatic heterocycles. The predicted octanol–water partition coefficient (Wildman–Crippen LogP) is 3.45. The summed E-state index contributed by atoms with van der Waals surface area (Å²) >= 11 is 0. The lowest BCUT2D eigenvalue weighted by Crippen LogP contribution is -2.19. The Bertz CT molecular complexity index is 684. The molecule has 0 aliphatic rings. The van der Waals surface area contributed by atoms with Crippen molar-refractivity contribution in [1.29, 1.82) is 0 Å². The Morgan fingerprint density at radius 1 is 1.27 bits per heavy atom. The van der Waals surface area contributed by atoms with E-state index in [-0.39, 0.29) is 5.91 Å². The molecule has 2 rings (SSSR count). The van der Waals surface area contributed by atoms with E-state index in [4.69, 9.17) is 9.15 Å². The molecule has 1 aromatic carbocycles. The van der Waals surface area contributed by atoms with Gasteiger partial charge in [-0.2, -0.15) is 5.10 Å². The average molecular weight is 300 g/mol. The van der Waals surface area contributed by atoms with E-state index in [2.05, 4.69) is 10.5 Å². The fraction of sp³-hybridized carbons (Fsp3) is 0.294. The lowest BCUT2D eigenvalue weighted by atomic mass is 10.1. The van der Waals surface area contributed by atoms with Crippen molar-refractivity contribution >= 4 is 11.6 Å². The van der Waals surface area contributed by atoms with Crippen molar-refractivity contribution < 1.29 is 13.9 Å². The fourth-order valence-corrected chi connectivity index (χ4v) is 2.07. The first-order valence-electron chi connectivity index (χ1n) is 7.16. The van der Waals surface area contributed by atoms with Crippen LogP contribution in [0.3, 0.4) is 0 Å². The first kappa shape index (κ1) is 15.8. The minimum absolute atomic E-state index is 0.278. The van der Waals surface area contributed by atoms with Gasteiger partial charge in [0.05, 0.1) is 17.9 Å². The summed E-state index contributed by atoms with van der Waals surface area (Å²) in [6, 6.07) is 9.27. The van der Waals surface area contributed by atoms with Crippen molar-refractivity contribution in [2.75, 3.05) is 6.61 Å². The normalized spacial score (nSPS) is 11.4. The van der Waals surface area contributed by atoms with Gasteiger partial charge in [-0.25, -0.2) is 5.43 Å². The van der Waals surface area contributed by atoms with Gasteiger partial charge in [-0.3, -0.25) is 4.79 Å². The molecule has 0 aliphatic heterocycles. The van der Waals surface area contributed by atoms with Gasteiger partial charge in [-0.1, -0.05) is 0 Å². The summed E-state index contributed by atoms with van der Waals surface area (Å²) in [5.41, 5.74) is 4.69. The zero-order valence-corrected chi connectivity index (χ0v) is 13.3. The van der Waals surface area contributed by atoms with Crippen LogP contribution in [0.1, 0.15) is 41.3 Å². The Balaban J connectivity index is 2.05. The van der Waals surface area contributed by atoms with Gasteiger partial charge < -0.3 is 9.15 Å². The highest BCUT2D eigenvalue weighted by Crippen LogP contribution is 2.14. The van der Waals surface area contributed by atoms with Crippen molar-refractivity contribution in [1.82, 2.24) is 5.43 Å². The van der Waals surface area contributed by atoms with Crippen LogP contribution in [0.15, 0.2) is 39.9 Å². The molecule has 5 heteroatoms. The van der Waals surface area contributed by atoms with Gasteiger partial charge in [0, 0.05) is 0 Å². The zero-order chi connectivity index (χ0) is 16.1. The average Bonchev–Trinajstić information content (AvgIpc) is 2.84. The first-order chi connectivity index (χ1) is 10.5. The van der Waals surface area contributed by atoms with Crippen LogP contribution in [0.5, 0.6) is 5.75 Å². The van der Waals surface area contributed by atoms with Crippen LogP contribution in [-0.4, -0.2) is 18.2 Å². The second-order valence-corrected chi connectivity index (χ2v) is 4.92. The Morgan fingerprint density at radius 3 is 2.50 bits per heavy atom. The standard InChI is InChI=1S/C17H20N2O3/c1-5-21-15-8-6-14(7-9-15)12(3)18-19-17(20)16-10-11(2)22-13(16)4/h6-10H,5H2,1-4H3,(H,19,20). The van der Waals surface area contributed by atoms with Gasteiger partial charge in [0.25, 0.3) is 5.91 Å². The van der Waals surface area contributed by atoms with Crippen molar-refractivity contribution in [3.05, 3.63) is 53.0 Å². The molecule has 0 bridgehead atoms. The van der Waals surface area contributed by atoms with Crippen LogP contribution in [0.25, 0.3) is 0 Å². The van der Waals surface area contributed by atoms with E-state index >= 15 is 0 Å². The van der Waals surface area contributed by atoms with Crippen LogP contribution in [-0.2, 0) is 0 Å². The number of hydrazone groups is 1. The third-order valence-corrected chi connectivity index (χ3v) is 3.19. The quantitative estimate of drug-likeness (QED) is 0.679. The third kappa shape index (κ3) is 3.75. The molecular formula is C17H20N2O3. The summed E-state index contributed by atoms with van der Waals surface area (Å²) in [7, 11) is 0. The molecule has 5 nitrogen and oxygen atoms in total. The molecule has 1 heterocycles. The molecule has 0 unspecified atom stereocenters. The van der Waals surface area contributed by atoms with Crippen LogP contribution in [0, 0.1) is 13.8 Å². The van der Waals surface area contributed by atoms with Gasteiger partial charge >= 0.3 is 0 Å². The molecule has 116 valence electrons. The molecule has 2 aromatic rings. The fourth-order valence-electron chi connectivity index (χ4n) is 2.07. The molecule has 0 saturated heterocycles. The number of amides is 1. The lowest BCUT2D eigenvalue weighted by molar-refractivity contribution is 0.0953. The molecular weight excluding hydrogens is 280 g/mol. The van der Waals surface area contributed by atoms with Crippen molar-refractivity contribution in [3.8, 4) is 5.75 Å². The van der Waals surface area contributed by atoms with E-state index in [9.17, 15) is 4.79 Å². The molecule has 0 saturated carbocycles. The number of ether oxygens (including phenoxy) is 1. The first-order valence-corrected chi connectivity index (χ1v) is 7.16. The van der Waals surface area contributed by atoms with E-state index in [1.54, 1.807) is 19.9 Å². The summed E-state index contributed by atoms with van der Waals surface area (Å²) in [6.45, 7) is 7.97. The third-order valence-electron chi connectivity index (χ3n) is 3.19. The lowest BCUT2D eigenvalue weighted by Gasteiger charge is -2.05. The molecule has 0 atom stereocenters. The Labute approximate surface area is 130 Å². The molecule has 0 radical (unpaired) electrons. The Hall–Kier alpha value is -2.56. The summed E-state index contributed by atoms with van der Waals surface area (Å²) in [5.74, 6) is 1.83. The van der Waals surface area contributed by atoms with Crippen molar-refractivity contribution in [2.45, 2.75) is 27.7 Å². The number of nitrogens with zero attached hydrogens (tertiary/aromatic N) is 1. The molecule has 22 heavy (non-hydrogen) atoms. The maximum absolute atomic E-state index is 12.1. The maximum Gasteiger partial charge on any atom is 0.274 e. The number of nitrogens with one attached hydrogen (secondary N) is 1. The summed E-state index contributed by atoms with van der Waals surface area (Å²) < 4.78 is 10.7. The predicted molar refractivity (Wildman–Crippen MR) is 85.5 cm³/mol. The maximum atomic E-state index is 12.1. The molecule has 0 aliphatic carbocycles. The van der Waals surface area contributed by atoms with Gasteiger partial charge in [0.2, 0.25) is 0 Å². The number of carbonyl (C=O) groups is 1. The smallest absolute Gasteiger partial charge is 0.274 e. The summed E-state index contributed by atoms with van der Waals surface area (Å²) in [4.78, 5) is 12.1. The van der Waals surface area contributed by atoms with Crippen LogP contribution < -0.4 is 10.2 Å². The topological polar surface area (TPSA) is 63.8 Å². The van der Waals surface area contributed by atoms with E-state index in [0.29, 0.717) is 29.4 Å². The molecule has 0 spiro atoms. The van der Waals surface area contributed by atoms with E-state index < -0.39 is 0 Å². The highest BCUT2D eigenvalue weighted by atomic mass is 16.5. The number of rotatable bonds is 5. The minimum Gasteiger partial charge on any atom is -0.494 e. The largest absolute Gasteiger partial charge is 0.494 e. The second kappa shape index (κ2) is 6.93. The van der Waals surface area contributed by atoms with Crippen LogP contribution in [0.4, 0.5) is 0 Å². The number of carbonyl (C=O) groups excluding carboxylic acids is 1. The van der Waals surface area contributed by atoms with Crippen LogP contribution >= 0.6 is 0 Å². The minimum atomic E-state index is -0.278. The van der Waals surface area contributed by atoms with Gasteiger partial charge in [0.1, 0.15) is 17.3 Å². The Morgan fingerprint density at radius 2 is 1.95 bits per heavy atom. The van der Waals surface area contributed by atoms with Crippen LogP contribution in [0.2, 0.25) is 0 Å². The Kier molecular flexibility index (Phi) is 4.99. The van der Waals surface area contributed by atoms with Gasteiger partial charge in [-0.05, 0) is 63.6 Å².